The summed E-state index contributed by atoms with van der Waals surface area (Å²) >= 11 is 0. The first-order chi connectivity index (χ1) is 9.31. The minimum Gasteiger partial charge on any atom is -0.381 e. The van der Waals surface area contributed by atoms with Gasteiger partial charge < -0.3 is 10.1 Å². The molecule has 2 aromatic rings. The van der Waals surface area contributed by atoms with Crippen LogP contribution in [0.2, 0.25) is 0 Å². The van der Waals surface area contributed by atoms with Crippen molar-refractivity contribution in [2.75, 3.05) is 11.9 Å². The number of anilines is 1. The third-order valence-corrected chi connectivity index (χ3v) is 3.37. The Bertz CT molecular complexity index is 509. The number of nitrogens with one attached hydrogen (secondary N) is 1. The van der Waals surface area contributed by atoms with Crippen molar-refractivity contribution in [3.63, 3.8) is 0 Å². The molecule has 19 heavy (non-hydrogen) atoms. The van der Waals surface area contributed by atoms with Gasteiger partial charge in [0.15, 0.2) is 0 Å². The fourth-order valence-corrected chi connectivity index (χ4v) is 2.38. The van der Waals surface area contributed by atoms with E-state index in [0.717, 1.165) is 31.0 Å². The molecule has 1 saturated heterocycles. The summed E-state index contributed by atoms with van der Waals surface area (Å²) in [6.45, 7) is 2.95. The second-order valence-corrected chi connectivity index (χ2v) is 4.92. The van der Waals surface area contributed by atoms with E-state index in [-0.39, 0.29) is 0 Å². The molecule has 0 bridgehead atoms. The fourth-order valence-electron chi connectivity index (χ4n) is 2.38. The number of imidazole rings is 1. The molecule has 2 aromatic heterocycles. The van der Waals surface area contributed by atoms with Gasteiger partial charge in [0.1, 0.15) is 12.1 Å². The Morgan fingerprint density at radius 3 is 3.05 bits per heavy atom. The summed E-state index contributed by atoms with van der Waals surface area (Å²) in [4.78, 5) is 8.45. The van der Waals surface area contributed by atoms with Crippen LogP contribution in [-0.2, 0) is 4.74 Å². The second-order valence-electron chi connectivity index (χ2n) is 4.92. The largest absolute Gasteiger partial charge is 0.381 e. The zero-order chi connectivity index (χ0) is 13.1. The van der Waals surface area contributed by atoms with Gasteiger partial charge in [-0.15, -0.1) is 0 Å². The van der Waals surface area contributed by atoms with Crippen molar-refractivity contribution in [3.8, 4) is 5.82 Å². The zero-order valence-electron chi connectivity index (χ0n) is 11.0. The number of hydrogen-bond donors (Lipinski definition) is 1. The lowest BCUT2D eigenvalue weighted by Crippen LogP contribution is -2.32. The normalized spacial score (nSPS) is 23.2. The third-order valence-electron chi connectivity index (χ3n) is 3.37. The maximum atomic E-state index is 5.55. The van der Waals surface area contributed by atoms with Crippen LogP contribution in [0.15, 0.2) is 37.1 Å². The number of rotatable bonds is 3. The monoisotopic (exact) mass is 258 g/mol. The summed E-state index contributed by atoms with van der Waals surface area (Å²) in [6, 6.07) is 4.53. The van der Waals surface area contributed by atoms with E-state index >= 15 is 0 Å². The minimum absolute atomic E-state index is 0.337. The number of ether oxygens (including phenoxy) is 1. The van der Waals surface area contributed by atoms with Crippen LogP contribution in [-0.4, -0.2) is 33.3 Å². The van der Waals surface area contributed by atoms with Gasteiger partial charge in [-0.2, -0.15) is 0 Å². The Kier molecular flexibility index (Phi) is 3.46. The average molecular weight is 258 g/mol. The van der Waals surface area contributed by atoms with Gasteiger partial charge >= 0.3 is 0 Å². The third kappa shape index (κ3) is 2.93. The lowest BCUT2D eigenvalue weighted by Gasteiger charge is -2.28. The summed E-state index contributed by atoms with van der Waals surface area (Å²) in [5.41, 5.74) is 1.06. The number of pyridine rings is 1. The van der Waals surface area contributed by atoms with Crippen molar-refractivity contribution in [2.24, 2.45) is 0 Å². The van der Waals surface area contributed by atoms with Gasteiger partial charge in [-0.25, -0.2) is 9.97 Å². The topological polar surface area (TPSA) is 52.0 Å². The van der Waals surface area contributed by atoms with Crippen molar-refractivity contribution >= 4 is 5.69 Å². The Morgan fingerprint density at radius 1 is 1.42 bits per heavy atom. The lowest BCUT2D eigenvalue weighted by molar-refractivity contribution is 0.0232. The van der Waals surface area contributed by atoms with Gasteiger partial charge in [0.05, 0.1) is 18.0 Å². The van der Waals surface area contributed by atoms with Gasteiger partial charge in [-0.05, 0) is 31.9 Å². The van der Waals surface area contributed by atoms with Crippen LogP contribution in [0.25, 0.3) is 5.82 Å². The average Bonchev–Trinajstić information content (AvgIpc) is 2.94. The highest BCUT2D eigenvalue weighted by Gasteiger charge is 2.18. The Hall–Kier alpha value is -1.88. The Labute approximate surface area is 112 Å². The first-order valence-corrected chi connectivity index (χ1v) is 6.64. The van der Waals surface area contributed by atoms with E-state index in [1.54, 1.807) is 12.5 Å². The van der Waals surface area contributed by atoms with E-state index in [0.29, 0.717) is 12.1 Å². The van der Waals surface area contributed by atoms with E-state index in [1.807, 2.05) is 23.0 Å². The quantitative estimate of drug-likeness (QED) is 0.917. The maximum absolute atomic E-state index is 5.55. The molecular formula is C14H18N4O. The molecule has 2 unspecified atom stereocenters. The molecular weight excluding hydrogens is 240 g/mol. The van der Waals surface area contributed by atoms with Gasteiger partial charge in [-0.3, -0.25) is 4.57 Å². The molecule has 3 rings (SSSR count). The summed E-state index contributed by atoms with van der Waals surface area (Å²) in [5.74, 6) is 0.878. The zero-order valence-corrected chi connectivity index (χ0v) is 11.0. The van der Waals surface area contributed by atoms with Crippen LogP contribution in [0, 0.1) is 0 Å². The number of nitrogens with zero attached hydrogens (tertiary/aromatic N) is 3. The van der Waals surface area contributed by atoms with Crippen molar-refractivity contribution < 1.29 is 4.74 Å². The standard InChI is InChI=1S/C14H18N4O/c1-11-8-12(4-7-19-11)17-13-2-3-14(16-9-13)18-6-5-15-10-18/h2-3,5-6,9-12,17H,4,7-8H2,1H3. The fraction of sp³-hybridized carbons (Fsp3) is 0.429. The predicted octanol–water partition coefficient (Wildman–Crippen LogP) is 2.25. The van der Waals surface area contributed by atoms with E-state index < -0.39 is 0 Å². The molecule has 0 spiro atoms. The smallest absolute Gasteiger partial charge is 0.137 e. The second kappa shape index (κ2) is 5.40. The number of aromatic nitrogens is 3. The molecule has 1 N–H and O–H groups in total. The SMILES string of the molecule is CC1CC(Nc2ccc(-n3ccnc3)nc2)CCO1. The molecule has 1 fully saturated rings. The first-order valence-electron chi connectivity index (χ1n) is 6.64. The molecule has 100 valence electrons. The molecule has 0 amide bonds. The Balaban J connectivity index is 1.66. The Morgan fingerprint density at radius 2 is 2.37 bits per heavy atom. The van der Waals surface area contributed by atoms with Gasteiger partial charge in [-0.1, -0.05) is 0 Å². The molecule has 5 heteroatoms. The van der Waals surface area contributed by atoms with Gasteiger partial charge in [0, 0.05) is 25.0 Å². The number of hydrogen-bond acceptors (Lipinski definition) is 4. The van der Waals surface area contributed by atoms with Crippen molar-refractivity contribution in [3.05, 3.63) is 37.1 Å². The van der Waals surface area contributed by atoms with Crippen LogP contribution < -0.4 is 5.32 Å². The minimum atomic E-state index is 0.337. The van der Waals surface area contributed by atoms with Crippen LogP contribution in [0.3, 0.4) is 0 Å². The van der Waals surface area contributed by atoms with Gasteiger partial charge in [0.25, 0.3) is 0 Å². The van der Waals surface area contributed by atoms with Crippen LogP contribution in [0.1, 0.15) is 19.8 Å². The summed E-state index contributed by atoms with van der Waals surface area (Å²) < 4.78 is 7.44. The van der Waals surface area contributed by atoms with E-state index in [4.69, 9.17) is 4.74 Å². The van der Waals surface area contributed by atoms with E-state index in [1.165, 1.54) is 0 Å². The maximum Gasteiger partial charge on any atom is 0.137 e. The van der Waals surface area contributed by atoms with E-state index in [2.05, 4.69) is 28.3 Å². The highest BCUT2D eigenvalue weighted by atomic mass is 16.5. The van der Waals surface area contributed by atoms with Crippen molar-refractivity contribution in [2.45, 2.75) is 31.9 Å². The summed E-state index contributed by atoms with van der Waals surface area (Å²) in [7, 11) is 0. The molecule has 5 nitrogen and oxygen atoms in total. The molecule has 1 aliphatic rings. The lowest BCUT2D eigenvalue weighted by atomic mass is 10.0. The molecule has 0 saturated carbocycles. The molecule has 3 heterocycles. The van der Waals surface area contributed by atoms with Crippen molar-refractivity contribution in [1.82, 2.24) is 14.5 Å². The molecule has 0 aromatic carbocycles. The van der Waals surface area contributed by atoms with Crippen LogP contribution in [0.5, 0.6) is 0 Å². The molecule has 0 radical (unpaired) electrons. The first kappa shape index (κ1) is 12.2. The van der Waals surface area contributed by atoms with Gasteiger partial charge in [0.2, 0.25) is 0 Å². The molecule has 0 aliphatic carbocycles. The van der Waals surface area contributed by atoms with Crippen LogP contribution in [0.4, 0.5) is 5.69 Å². The summed E-state index contributed by atoms with van der Waals surface area (Å²) in [5, 5.41) is 3.52. The van der Waals surface area contributed by atoms with Crippen molar-refractivity contribution in [1.29, 1.82) is 0 Å². The highest BCUT2D eigenvalue weighted by molar-refractivity contribution is 5.44. The predicted molar refractivity (Wildman–Crippen MR) is 73.4 cm³/mol. The molecule has 2 atom stereocenters. The van der Waals surface area contributed by atoms with E-state index in [9.17, 15) is 0 Å². The summed E-state index contributed by atoms with van der Waals surface area (Å²) in [6.07, 6.45) is 9.68. The van der Waals surface area contributed by atoms with Crippen LogP contribution >= 0.6 is 0 Å². The highest BCUT2D eigenvalue weighted by Crippen LogP contribution is 2.18. The molecule has 1 aliphatic heterocycles.